The molecule has 1 aromatic heterocycles. The number of nitrogens with zero attached hydrogens (tertiary/aromatic N) is 2. The van der Waals surface area contributed by atoms with E-state index in [0.717, 1.165) is 12.2 Å². The van der Waals surface area contributed by atoms with Crippen molar-refractivity contribution in [3.8, 4) is 0 Å². The van der Waals surface area contributed by atoms with Crippen molar-refractivity contribution in [3.05, 3.63) is 11.7 Å². The van der Waals surface area contributed by atoms with Gasteiger partial charge in [0.1, 0.15) is 0 Å². The zero-order valence-electron chi connectivity index (χ0n) is 10.2. The molecule has 0 aromatic carbocycles. The van der Waals surface area contributed by atoms with Gasteiger partial charge in [-0.25, -0.2) is 0 Å². The van der Waals surface area contributed by atoms with Crippen LogP contribution in [-0.4, -0.2) is 10.1 Å². The van der Waals surface area contributed by atoms with Gasteiger partial charge in [-0.15, -0.1) is 0 Å². The Hall–Kier alpha value is -0.900. The fourth-order valence-electron chi connectivity index (χ4n) is 1.13. The van der Waals surface area contributed by atoms with E-state index in [1.807, 2.05) is 0 Å². The van der Waals surface area contributed by atoms with Gasteiger partial charge in [0.15, 0.2) is 5.82 Å². The second-order valence-electron chi connectivity index (χ2n) is 5.14. The molecule has 0 aliphatic rings. The van der Waals surface area contributed by atoms with Crippen molar-refractivity contribution in [2.24, 2.45) is 11.1 Å². The zero-order valence-corrected chi connectivity index (χ0v) is 10.2. The van der Waals surface area contributed by atoms with E-state index >= 15 is 0 Å². The maximum atomic E-state index is 6.03. The molecule has 1 heterocycles. The maximum absolute atomic E-state index is 6.03. The van der Waals surface area contributed by atoms with Gasteiger partial charge in [0.05, 0.1) is 6.04 Å². The van der Waals surface area contributed by atoms with Gasteiger partial charge < -0.3 is 10.3 Å². The normalized spacial score (nSPS) is 16.4. The van der Waals surface area contributed by atoms with E-state index in [4.69, 9.17) is 10.3 Å². The van der Waals surface area contributed by atoms with Crippen molar-refractivity contribution < 1.29 is 4.52 Å². The van der Waals surface area contributed by atoms with Gasteiger partial charge in [0.2, 0.25) is 5.89 Å². The monoisotopic (exact) mass is 211 g/mol. The summed E-state index contributed by atoms with van der Waals surface area (Å²) in [4.78, 5) is 4.34. The summed E-state index contributed by atoms with van der Waals surface area (Å²) < 4.78 is 5.19. The molecule has 0 amide bonds. The molecule has 0 radical (unpaired) electrons. The highest BCUT2D eigenvalue weighted by atomic mass is 16.5. The summed E-state index contributed by atoms with van der Waals surface area (Å²) in [5, 5.41) is 3.96. The summed E-state index contributed by atoms with van der Waals surface area (Å²) in [6, 6.07) is -0.206. The highest BCUT2D eigenvalue weighted by Crippen LogP contribution is 2.30. The average Bonchev–Trinajstić information content (AvgIpc) is 2.62. The molecule has 2 atom stereocenters. The first-order valence-corrected chi connectivity index (χ1v) is 5.45. The molecule has 4 nitrogen and oxygen atoms in total. The molecule has 0 bridgehead atoms. The Labute approximate surface area is 91.2 Å². The highest BCUT2D eigenvalue weighted by Gasteiger charge is 2.28. The molecule has 1 unspecified atom stereocenters. The van der Waals surface area contributed by atoms with E-state index in [-0.39, 0.29) is 11.5 Å². The molecule has 2 N–H and O–H groups in total. The number of rotatable bonds is 3. The maximum Gasteiger partial charge on any atom is 0.244 e. The quantitative estimate of drug-likeness (QED) is 0.834. The Morgan fingerprint density at radius 2 is 2.00 bits per heavy atom. The predicted molar refractivity (Wildman–Crippen MR) is 59.4 cm³/mol. The van der Waals surface area contributed by atoms with E-state index in [0.29, 0.717) is 11.8 Å². The predicted octanol–water partition coefficient (Wildman–Crippen LogP) is 2.63. The molecular weight excluding hydrogens is 190 g/mol. The van der Waals surface area contributed by atoms with Crippen LogP contribution in [0.25, 0.3) is 0 Å². The largest absolute Gasteiger partial charge is 0.338 e. The third kappa shape index (κ3) is 2.78. The first-order valence-electron chi connectivity index (χ1n) is 5.45. The molecule has 0 aliphatic carbocycles. The van der Waals surface area contributed by atoms with E-state index in [1.165, 1.54) is 0 Å². The number of aromatic nitrogens is 2. The van der Waals surface area contributed by atoms with Gasteiger partial charge in [0.25, 0.3) is 0 Å². The molecule has 4 heteroatoms. The fraction of sp³-hybridized carbons (Fsp3) is 0.818. The van der Waals surface area contributed by atoms with Crippen LogP contribution in [0.5, 0.6) is 0 Å². The van der Waals surface area contributed by atoms with Crippen LogP contribution in [0.3, 0.4) is 0 Å². The lowest BCUT2D eigenvalue weighted by atomic mass is 9.87. The molecule has 0 saturated carbocycles. The molecule has 0 saturated heterocycles. The third-order valence-corrected chi connectivity index (χ3v) is 2.71. The van der Waals surface area contributed by atoms with Crippen molar-refractivity contribution in [2.45, 2.75) is 53.0 Å². The summed E-state index contributed by atoms with van der Waals surface area (Å²) in [7, 11) is 0. The van der Waals surface area contributed by atoms with Crippen molar-refractivity contribution in [3.63, 3.8) is 0 Å². The fourth-order valence-corrected chi connectivity index (χ4v) is 1.13. The van der Waals surface area contributed by atoms with Gasteiger partial charge >= 0.3 is 0 Å². The lowest BCUT2D eigenvalue weighted by Crippen LogP contribution is -2.26. The summed E-state index contributed by atoms with van der Waals surface area (Å²) in [5.74, 6) is 1.62. The average molecular weight is 211 g/mol. The lowest BCUT2D eigenvalue weighted by Gasteiger charge is -2.23. The SMILES string of the molecule is CCC(C)c1noc([C@@H](N)C(C)(C)C)n1. The minimum Gasteiger partial charge on any atom is -0.338 e. The van der Waals surface area contributed by atoms with Crippen molar-refractivity contribution in [2.75, 3.05) is 0 Å². The smallest absolute Gasteiger partial charge is 0.244 e. The number of hydrogen-bond donors (Lipinski definition) is 1. The first kappa shape index (κ1) is 12.2. The van der Waals surface area contributed by atoms with Gasteiger partial charge in [0, 0.05) is 5.92 Å². The molecule has 15 heavy (non-hydrogen) atoms. The van der Waals surface area contributed by atoms with Gasteiger partial charge in [-0.05, 0) is 11.8 Å². The molecule has 0 fully saturated rings. The van der Waals surface area contributed by atoms with Crippen molar-refractivity contribution in [1.82, 2.24) is 10.1 Å². The second-order valence-corrected chi connectivity index (χ2v) is 5.14. The van der Waals surface area contributed by atoms with Crippen molar-refractivity contribution in [1.29, 1.82) is 0 Å². The Morgan fingerprint density at radius 3 is 2.47 bits per heavy atom. The lowest BCUT2D eigenvalue weighted by molar-refractivity contribution is 0.252. The molecule has 1 rings (SSSR count). The molecular formula is C11H21N3O. The van der Waals surface area contributed by atoms with E-state index < -0.39 is 0 Å². The van der Waals surface area contributed by atoms with Crippen LogP contribution in [-0.2, 0) is 0 Å². The number of hydrogen-bond acceptors (Lipinski definition) is 4. The Kier molecular flexibility index (Phi) is 3.50. The second kappa shape index (κ2) is 4.31. The summed E-state index contributed by atoms with van der Waals surface area (Å²) >= 11 is 0. The highest BCUT2D eigenvalue weighted by molar-refractivity contribution is 4.99. The van der Waals surface area contributed by atoms with Crippen LogP contribution >= 0.6 is 0 Å². The van der Waals surface area contributed by atoms with Gasteiger partial charge in [-0.2, -0.15) is 4.98 Å². The Balaban J connectivity index is 2.85. The molecule has 86 valence electrons. The minimum atomic E-state index is -0.206. The van der Waals surface area contributed by atoms with Crippen LogP contribution in [0.15, 0.2) is 4.52 Å². The summed E-state index contributed by atoms with van der Waals surface area (Å²) in [6.45, 7) is 10.4. The first-order chi connectivity index (χ1) is 6.86. The molecule has 0 aliphatic heterocycles. The Morgan fingerprint density at radius 1 is 1.40 bits per heavy atom. The van der Waals surface area contributed by atoms with Gasteiger partial charge in [-0.1, -0.05) is 39.8 Å². The topological polar surface area (TPSA) is 64.9 Å². The molecule has 1 aromatic rings. The Bertz CT molecular complexity index is 314. The van der Waals surface area contributed by atoms with E-state index in [2.05, 4.69) is 44.8 Å². The standard InChI is InChI=1S/C11H21N3O/c1-6-7(2)9-13-10(15-14-9)8(12)11(3,4)5/h7-8H,6,12H2,1-5H3/t7?,8-/m1/s1. The van der Waals surface area contributed by atoms with Crippen LogP contribution in [0.4, 0.5) is 0 Å². The van der Waals surface area contributed by atoms with Gasteiger partial charge in [-0.3, -0.25) is 0 Å². The molecule has 0 spiro atoms. The summed E-state index contributed by atoms with van der Waals surface area (Å²) in [6.07, 6.45) is 1.00. The van der Waals surface area contributed by atoms with E-state index in [1.54, 1.807) is 0 Å². The van der Waals surface area contributed by atoms with E-state index in [9.17, 15) is 0 Å². The minimum absolute atomic E-state index is 0.0563. The van der Waals surface area contributed by atoms with Crippen LogP contribution < -0.4 is 5.73 Å². The van der Waals surface area contributed by atoms with Crippen LogP contribution in [0, 0.1) is 5.41 Å². The van der Waals surface area contributed by atoms with Crippen molar-refractivity contribution >= 4 is 0 Å². The van der Waals surface area contributed by atoms with Crippen LogP contribution in [0.2, 0.25) is 0 Å². The van der Waals surface area contributed by atoms with Crippen LogP contribution in [0.1, 0.15) is 64.7 Å². The zero-order chi connectivity index (χ0) is 11.6. The number of nitrogens with two attached hydrogens (primary N) is 1. The summed E-state index contributed by atoms with van der Waals surface area (Å²) in [5.41, 5.74) is 5.97. The third-order valence-electron chi connectivity index (χ3n) is 2.71.